The van der Waals surface area contributed by atoms with E-state index in [1.165, 1.54) is 0 Å². The Morgan fingerprint density at radius 1 is 1.42 bits per heavy atom. The molecule has 0 unspecified atom stereocenters. The van der Waals surface area contributed by atoms with Crippen LogP contribution in [0.3, 0.4) is 0 Å². The maximum Gasteiger partial charge on any atom is 0.141 e. The molecular formula is C13H17ClN4O. The van der Waals surface area contributed by atoms with E-state index in [-0.39, 0.29) is 0 Å². The SMILES string of the molecule is COCCNCc1ncnn1Cc1cccc(Cl)c1. The molecule has 1 aromatic carbocycles. The topological polar surface area (TPSA) is 52.0 Å². The zero-order valence-electron chi connectivity index (χ0n) is 10.8. The molecule has 1 N–H and O–H groups in total. The van der Waals surface area contributed by atoms with E-state index < -0.39 is 0 Å². The lowest BCUT2D eigenvalue weighted by molar-refractivity contribution is 0.198. The lowest BCUT2D eigenvalue weighted by Crippen LogP contribution is -2.21. The predicted molar refractivity (Wildman–Crippen MR) is 74.2 cm³/mol. The van der Waals surface area contributed by atoms with Crippen molar-refractivity contribution in [2.24, 2.45) is 0 Å². The normalized spacial score (nSPS) is 10.8. The van der Waals surface area contributed by atoms with E-state index in [9.17, 15) is 0 Å². The lowest BCUT2D eigenvalue weighted by Gasteiger charge is -2.07. The molecule has 0 radical (unpaired) electrons. The zero-order valence-corrected chi connectivity index (χ0v) is 11.6. The average molecular weight is 281 g/mol. The van der Waals surface area contributed by atoms with Gasteiger partial charge in [-0.1, -0.05) is 23.7 Å². The number of hydrogen-bond acceptors (Lipinski definition) is 4. The first-order chi connectivity index (χ1) is 9.29. The highest BCUT2D eigenvalue weighted by Crippen LogP contribution is 2.12. The Morgan fingerprint density at radius 2 is 2.32 bits per heavy atom. The van der Waals surface area contributed by atoms with Crippen LogP contribution < -0.4 is 5.32 Å². The molecule has 0 bridgehead atoms. The highest BCUT2D eigenvalue weighted by Gasteiger charge is 2.04. The summed E-state index contributed by atoms with van der Waals surface area (Å²) in [6, 6.07) is 7.76. The second kappa shape index (κ2) is 7.23. The minimum Gasteiger partial charge on any atom is -0.383 e. The first kappa shape index (κ1) is 14.0. The van der Waals surface area contributed by atoms with Crippen molar-refractivity contribution in [1.82, 2.24) is 20.1 Å². The highest BCUT2D eigenvalue weighted by molar-refractivity contribution is 6.30. The summed E-state index contributed by atoms with van der Waals surface area (Å²) < 4.78 is 6.85. The van der Waals surface area contributed by atoms with Gasteiger partial charge in [-0.25, -0.2) is 9.67 Å². The van der Waals surface area contributed by atoms with Crippen LogP contribution in [0.15, 0.2) is 30.6 Å². The van der Waals surface area contributed by atoms with E-state index in [1.54, 1.807) is 13.4 Å². The molecule has 0 aliphatic rings. The molecule has 0 saturated heterocycles. The standard InChI is InChI=1S/C13H17ClN4O/c1-19-6-5-15-8-13-16-10-17-18(13)9-11-3-2-4-12(14)7-11/h2-4,7,10,15H,5-6,8-9H2,1H3. The molecule has 2 aromatic rings. The van der Waals surface area contributed by atoms with Gasteiger partial charge in [0.1, 0.15) is 12.2 Å². The van der Waals surface area contributed by atoms with E-state index >= 15 is 0 Å². The number of rotatable bonds is 7. The molecule has 0 aliphatic heterocycles. The second-order valence-electron chi connectivity index (χ2n) is 4.13. The summed E-state index contributed by atoms with van der Waals surface area (Å²) in [7, 11) is 1.68. The van der Waals surface area contributed by atoms with Crippen LogP contribution in [0.1, 0.15) is 11.4 Å². The van der Waals surface area contributed by atoms with Gasteiger partial charge in [-0.3, -0.25) is 0 Å². The fourth-order valence-electron chi connectivity index (χ4n) is 1.74. The van der Waals surface area contributed by atoms with Crippen LogP contribution >= 0.6 is 11.6 Å². The molecule has 5 nitrogen and oxygen atoms in total. The maximum atomic E-state index is 5.97. The molecule has 1 heterocycles. The van der Waals surface area contributed by atoms with E-state index in [4.69, 9.17) is 16.3 Å². The van der Waals surface area contributed by atoms with Gasteiger partial charge in [0.05, 0.1) is 19.7 Å². The third kappa shape index (κ3) is 4.31. The maximum absolute atomic E-state index is 5.97. The van der Waals surface area contributed by atoms with Crippen LogP contribution in [0.5, 0.6) is 0 Å². The van der Waals surface area contributed by atoms with Crippen LogP contribution in [-0.2, 0) is 17.8 Å². The predicted octanol–water partition coefficient (Wildman–Crippen LogP) is 1.72. The first-order valence-corrected chi connectivity index (χ1v) is 6.48. The quantitative estimate of drug-likeness (QED) is 0.785. The Kier molecular flexibility index (Phi) is 5.32. The number of halogens is 1. The van der Waals surface area contributed by atoms with Crippen molar-refractivity contribution < 1.29 is 4.74 Å². The number of hydrogen-bond donors (Lipinski definition) is 1. The zero-order chi connectivity index (χ0) is 13.5. The Bertz CT molecular complexity index is 515. The molecule has 6 heteroatoms. The van der Waals surface area contributed by atoms with Crippen molar-refractivity contribution in [2.45, 2.75) is 13.1 Å². The molecule has 0 fully saturated rings. The Balaban J connectivity index is 1.95. The minimum atomic E-state index is 0.669. The molecule has 1 aromatic heterocycles. The minimum absolute atomic E-state index is 0.669. The van der Waals surface area contributed by atoms with Crippen molar-refractivity contribution in [3.8, 4) is 0 Å². The largest absolute Gasteiger partial charge is 0.383 e. The summed E-state index contributed by atoms with van der Waals surface area (Å²) in [5, 5.41) is 8.22. The molecule has 0 spiro atoms. The van der Waals surface area contributed by atoms with E-state index in [0.29, 0.717) is 19.7 Å². The Labute approximate surface area is 117 Å². The number of methoxy groups -OCH3 is 1. The van der Waals surface area contributed by atoms with Crippen molar-refractivity contribution in [1.29, 1.82) is 0 Å². The van der Waals surface area contributed by atoms with E-state index in [0.717, 1.165) is 23.0 Å². The molecule has 102 valence electrons. The second-order valence-corrected chi connectivity index (χ2v) is 4.57. The van der Waals surface area contributed by atoms with Gasteiger partial charge < -0.3 is 10.1 Å². The molecule has 0 amide bonds. The van der Waals surface area contributed by atoms with Gasteiger partial charge in [0, 0.05) is 18.7 Å². The fraction of sp³-hybridized carbons (Fsp3) is 0.385. The Morgan fingerprint density at radius 3 is 3.11 bits per heavy atom. The van der Waals surface area contributed by atoms with E-state index in [2.05, 4.69) is 15.4 Å². The fourth-order valence-corrected chi connectivity index (χ4v) is 1.95. The molecule has 2 rings (SSSR count). The van der Waals surface area contributed by atoms with Gasteiger partial charge in [0.2, 0.25) is 0 Å². The van der Waals surface area contributed by atoms with Crippen molar-refractivity contribution >= 4 is 11.6 Å². The summed E-state index contributed by atoms with van der Waals surface area (Å²) in [6.45, 7) is 2.81. The number of nitrogens with one attached hydrogen (secondary N) is 1. The average Bonchev–Trinajstić information content (AvgIpc) is 2.82. The number of nitrogens with zero attached hydrogens (tertiary/aromatic N) is 3. The summed E-state index contributed by atoms with van der Waals surface area (Å²) in [5.41, 5.74) is 1.11. The summed E-state index contributed by atoms with van der Waals surface area (Å²) in [5.74, 6) is 0.899. The van der Waals surface area contributed by atoms with Gasteiger partial charge >= 0.3 is 0 Å². The van der Waals surface area contributed by atoms with Crippen molar-refractivity contribution in [3.63, 3.8) is 0 Å². The monoisotopic (exact) mass is 280 g/mol. The smallest absolute Gasteiger partial charge is 0.141 e. The van der Waals surface area contributed by atoms with Crippen LogP contribution in [0, 0.1) is 0 Å². The summed E-state index contributed by atoms with van der Waals surface area (Å²) in [6.07, 6.45) is 1.57. The third-order valence-corrected chi connectivity index (χ3v) is 2.92. The van der Waals surface area contributed by atoms with Crippen molar-refractivity contribution in [3.05, 3.63) is 47.0 Å². The number of ether oxygens (including phenoxy) is 1. The summed E-state index contributed by atoms with van der Waals surface area (Å²) >= 11 is 5.97. The summed E-state index contributed by atoms with van der Waals surface area (Å²) in [4.78, 5) is 4.25. The highest BCUT2D eigenvalue weighted by atomic mass is 35.5. The van der Waals surface area contributed by atoms with Crippen LogP contribution in [-0.4, -0.2) is 35.0 Å². The van der Waals surface area contributed by atoms with Crippen LogP contribution in [0.2, 0.25) is 5.02 Å². The lowest BCUT2D eigenvalue weighted by atomic mass is 10.2. The molecule has 0 aliphatic carbocycles. The van der Waals surface area contributed by atoms with Gasteiger partial charge in [-0.2, -0.15) is 5.10 Å². The van der Waals surface area contributed by atoms with Crippen LogP contribution in [0.25, 0.3) is 0 Å². The van der Waals surface area contributed by atoms with Gasteiger partial charge in [-0.05, 0) is 17.7 Å². The molecule has 0 saturated carbocycles. The number of benzene rings is 1. The van der Waals surface area contributed by atoms with Gasteiger partial charge in [0.15, 0.2) is 0 Å². The number of aromatic nitrogens is 3. The van der Waals surface area contributed by atoms with Crippen molar-refractivity contribution in [2.75, 3.05) is 20.3 Å². The van der Waals surface area contributed by atoms with Crippen LogP contribution in [0.4, 0.5) is 0 Å². The van der Waals surface area contributed by atoms with Gasteiger partial charge in [0.25, 0.3) is 0 Å². The first-order valence-electron chi connectivity index (χ1n) is 6.10. The third-order valence-electron chi connectivity index (χ3n) is 2.68. The molecular weight excluding hydrogens is 264 g/mol. The Hall–Kier alpha value is -1.43. The van der Waals surface area contributed by atoms with E-state index in [1.807, 2.05) is 28.9 Å². The molecule has 0 atom stereocenters. The van der Waals surface area contributed by atoms with Gasteiger partial charge in [-0.15, -0.1) is 0 Å². The molecule has 19 heavy (non-hydrogen) atoms.